The summed E-state index contributed by atoms with van der Waals surface area (Å²) in [6, 6.07) is 0. The van der Waals surface area contributed by atoms with Gasteiger partial charge in [0.05, 0.1) is 6.61 Å². The van der Waals surface area contributed by atoms with Crippen LogP contribution in [0.1, 0.15) is 26.7 Å². The molecular weight excluding hydrogens is 204 g/mol. The Morgan fingerprint density at radius 3 is 2.38 bits per heavy atom. The van der Waals surface area contributed by atoms with Crippen LogP contribution in [0.5, 0.6) is 0 Å². The normalized spacial score (nSPS) is 18.4. The van der Waals surface area contributed by atoms with Gasteiger partial charge < -0.3 is 14.5 Å². The van der Waals surface area contributed by atoms with Crippen molar-refractivity contribution in [3.8, 4) is 0 Å². The molecule has 4 heteroatoms. The Bertz CT molecular complexity index is 209. The van der Waals surface area contributed by atoms with E-state index < -0.39 is 0 Å². The Labute approximate surface area is 98.5 Å². The summed E-state index contributed by atoms with van der Waals surface area (Å²) in [5.74, 6) is 0.552. The van der Waals surface area contributed by atoms with Gasteiger partial charge in [-0.05, 0) is 52.7 Å². The van der Waals surface area contributed by atoms with Crippen molar-refractivity contribution in [3.05, 3.63) is 0 Å². The van der Waals surface area contributed by atoms with Gasteiger partial charge in [-0.15, -0.1) is 0 Å². The highest BCUT2D eigenvalue weighted by atomic mass is 16.6. The van der Waals surface area contributed by atoms with Crippen molar-refractivity contribution in [2.75, 3.05) is 39.8 Å². The molecule has 0 unspecified atom stereocenters. The molecule has 0 aromatic heterocycles. The topological polar surface area (TPSA) is 32.8 Å². The zero-order valence-corrected chi connectivity index (χ0v) is 10.7. The largest absolute Gasteiger partial charge is 0.449 e. The fourth-order valence-electron chi connectivity index (χ4n) is 1.99. The minimum Gasteiger partial charge on any atom is -0.449 e. The lowest BCUT2D eigenvalue weighted by atomic mass is 9.98. The number of carbonyl (C=O) groups is 1. The molecule has 0 bridgehead atoms. The van der Waals surface area contributed by atoms with E-state index in [1.807, 2.05) is 13.8 Å². The van der Waals surface area contributed by atoms with Gasteiger partial charge >= 0.3 is 6.09 Å². The molecule has 0 aromatic rings. The van der Waals surface area contributed by atoms with E-state index in [0.717, 1.165) is 39.0 Å². The first-order valence-corrected chi connectivity index (χ1v) is 6.27. The van der Waals surface area contributed by atoms with Gasteiger partial charge in [0.15, 0.2) is 0 Å². The molecule has 1 saturated heterocycles. The summed E-state index contributed by atoms with van der Waals surface area (Å²) < 4.78 is 5.33. The fraction of sp³-hybridized carbons (Fsp3) is 0.917. The summed E-state index contributed by atoms with van der Waals surface area (Å²) in [5.41, 5.74) is 0. The molecule has 4 nitrogen and oxygen atoms in total. The van der Waals surface area contributed by atoms with Crippen LogP contribution in [0.25, 0.3) is 0 Å². The number of piperidine rings is 1. The second-order valence-electron chi connectivity index (χ2n) is 4.50. The van der Waals surface area contributed by atoms with E-state index >= 15 is 0 Å². The molecule has 1 rings (SSSR count). The first kappa shape index (κ1) is 13.3. The number of nitrogens with zero attached hydrogens (tertiary/aromatic N) is 2. The average Bonchev–Trinajstić information content (AvgIpc) is 2.30. The molecule has 0 atom stereocenters. The van der Waals surface area contributed by atoms with E-state index in [4.69, 9.17) is 4.74 Å². The maximum Gasteiger partial charge on any atom is 0.409 e. The fourth-order valence-corrected chi connectivity index (χ4v) is 1.99. The quantitative estimate of drug-likeness (QED) is 0.735. The van der Waals surface area contributed by atoms with E-state index in [-0.39, 0.29) is 6.09 Å². The Morgan fingerprint density at radius 2 is 1.88 bits per heavy atom. The molecule has 1 heterocycles. The molecule has 1 aliphatic heterocycles. The van der Waals surface area contributed by atoms with E-state index in [2.05, 4.69) is 11.9 Å². The maximum absolute atomic E-state index is 11.6. The van der Waals surface area contributed by atoms with Gasteiger partial charge in [0.1, 0.15) is 0 Å². The predicted molar refractivity (Wildman–Crippen MR) is 64.5 cm³/mol. The van der Waals surface area contributed by atoms with Crippen LogP contribution < -0.4 is 0 Å². The second kappa shape index (κ2) is 6.74. The highest BCUT2D eigenvalue weighted by Crippen LogP contribution is 2.16. The van der Waals surface area contributed by atoms with Crippen LogP contribution in [-0.4, -0.2) is 55.7 Å². The second-order valence-corrected chi connectivity index (χ2v) is 4.50. The van der Waals surface area contributed by atoms with Crippen LogP contribution in [0.15, 0.2) is 0 Å². The van der Waals surface area contributed by atoms with Crippen LogP contribution in [0.3, 0.4) is 0 Å². The van der Waals surface area contributed by atoms with Crippen LogP contribution >= 0.6 is 0 Å². The first-order valence-electron chi connectivity index (χ1n) is 6.27. The van der Waals surface area contributed by atoms with Crippen molar-refractivity contribution < 1.29 is 9.53 Å². The van der Waals surface area contributed by atoms with Gasteiger partial charge in [-0.3, -0.25) is 0 Å². The van der Waals surface area contributed by atoms with E-state index in [1.54, 1.807) is 4.90 Å². The highest BCUT2D eigenvalue weighted by molar-refractivity contribution is 5.67. The molecular formula is C12H24N2O2. The van der Waals surface area contributed by atoms with Gasteiger partial charge in [0.25, 0.3) is 0 Å². The average molecular weight is 228 g/mol. The van der Waals surface area contributed by atoms with Crippen LogP contribution in [0.2, 0.25) is 0 Å². The van der Waals surface area contributed by atoms with E-state index in [9.17, 15) is 4.79 Å². The Kier molecular flexibility index (Phi) is 5.60. The standard InChI is InChI=1S/C12H24N2O2/c1-4-14(5-2)12(15)16-10-11-6-8-13(3)9-7-11/h11H,4-10H2,1-3H3. The summed E-state index contributed by atoms with van der Waals surface area (Å²) in [5, 5.41) is 0. The molecule has 0 aromatic carbocycles. The van der Waals surface area contributed by atoms with Crippen LogP contribution in [-0.2, 0) is 4.74 Å². The third-order valence-electron chi connectivity index (χ3n) is 3.30. The van der Waals surface area contributed by atoms with Crippen molar-refractivity contribution in [2.24, 2.45) is 5.92 Å². The Morgan fingerprint density at radius 1 is 1.31 bits per heavy atom. The summed E-state index contributed by atoms with van der Waals surface area (Å²) in [6.07, 6.45) is 2.12. The molecule has 1 aliphatic rings. The third kappa shape index (κ3) is 4.00. The number of hydrogen-bond donors (Lipinski definition) is 0. The van der Waals surface area contributed by atoms with Crippen molar-refractivity contribution in [1.82, 2.24) is 9.80 Å². The van der Waals surface area contributed by atoms with E-state index in [1.165, 1.54) is 0 Å². The SMILES string of the molecule is CCN(CC)C(=O)OCC1CCN(C)CC1. The summed E-state index contributed by atoms with van der Waals surface area (Å²) in [4.78, 5) is 15.6. The van der Waals surface area contributed by atoms with Gasteiger partial charge in [-0.25, -0.2) is 4.79 Å². The number of carbonyl (C=O) groups excluding carboxylic acids is 1. The summed E-state index contributed by atoms with van der Waals surface area (Å²) in [7, 11) is 2.14. The van der Waals surface area contributed by atoms with Gasteiger partial charge in [0.2, 0.25) is 0 Å². The van der Waals surface area contributed by atoms with Gasteiger partial charge in [-0.1, -0.05) is 0 Å². The molecule has 0 N–H and O–H groups in total. The lowest BCUT2D eigenvalue weighted by Gasteiger charge is -2.29. The van der Waals surface area contributed by atoms with Gasteiger partial charge in [-0.2, -0.15) is 0 Å². The molecule has 0 spiro atoms. The Balaban J connectivity index is 2.21. The van der Waals surface area contributed by atoms with E-state index in [0.29, 0.717) is 12.5 Å². The minimum absolute atomic E-state index is 0.163. The zero-order valence-electron chi connectivity index (χ0n) is 10.7. The van der Waals surface area contributed by atoms with Crippen molar-refractivity contribution in [2.45, 2.75) is 26.7 Å². The molecule has 1 amide bonds. The number of rotatable bonds is 4. The lowest BCUT2D eigenvalue weighted by Crippen LogP contribution is -2.35. The number of likely N-dealkylation sites (tertiary alicyclic amines) is 1. The molecule has 16 heavy (non-hydrogen) atoms. The number of ether oxygens (including phenoxy) is 1. The lowest BCUT2D eigenvalue weighted by molar-refractivity contribution is 0.0755. The minimum atomic E-state index is -0.163. The first-order chi connectivity index (χ1) is 7.67. The van der Waals surface area contributed by atoms with Crippen LogP contribution in [0, 0.1) is 5.92 Å². The van der Waals surface area contributed by atoms with Crippen molar-refractivity contribution in [1.29, 1.82) is 0 Å². The van der Waals surface area contributed by atoms with Crippen molar-refractivity contribution in [3.63, 3.8) is 0 Å². The third-order valence-corrected chi connectivity index (χ3v) is 3.30. The number of hydrogen-bond acceptors (Lipinski definition) is 3. The maximum atomic E-state index is 11.6. The molecule has 94 valence electrons. The monoisotopic (exact) mass is 228 g/mol. The number of amides is 1. The smallest absolute Gasteiger partial charge is 0.409 e. The molecule has 0 radical (unpaired) electrons. The molecule has 1 fully saturated rings. The summed E-state index contributed by atoms with van der Waals surface area (Å²) in [6.45, 7) is 8.22. The highest BCUT2D eigenvalue weighted by Gasteiger charge is 2.19. The summed E-state index contributed by atoms with van der Waals surface area (Å²) >= 11 is 0. The molecule has 0 aliphatic carbocycles. The molecule has 0 saturated carbocycles. The van der Waals surface area contributed by atoms with Crippen LogP contribution in [0.4, 0.5) is 4.79 Å². The Hall–Kier alpha value is -0.770. The predicted octanol–water partition coefficient (Wildman–Crippen LogP) is 1.81. The zero-order chi connectivity index (χ0) is 12.0. The van der Waals surface area contributed by atoms with Gasteiger partial charge in [0, 0.05) is 13.1 Å². The van der Waals surface area contributed by atoms with Crippen molar-refractivity contribution >= 4 is 6.09 Å².